The van der Waals surface area contributed by atoms with Crippen LogP contribution >= 0.6 is 0 Å². The van der Waals surface area contributed by atoms with Crippen molar-refractivity contribution in [3.05, 3.63) is 0 Å². The molecule has 0 atom stereocenters. The number of rotatable bonds is 3. The van der Waals surface area contributed by atoms with Gasteiger partial charge < -0.3 is 5.11 Å². The second-order valence-electron chi connectivity index (χ2n) is 3.42. The molecule has 0 amide bonds. The Morgan fingerprint density at radius 3 is 2.69 bits per heavy atom. The molecule has 5 heteroatoms. The number of aliphatic carboxylic acids is 1. The smallest absolute Gasteiger partial charge is 0.327 e. The highest BCUT2D eigenvalue weighted by Crippen LogP contribution is 2.15. The van der Waals surface area contributed by atoms with Gasteiger partial charge in [0.1, 0.15) is 0 Å². The van der Waals surface area contributed by atoms with Gasteiger partial charge in [-0.25, -0.2) is 0 Å². The first-order valence-corrected chi connectivity index (χ1v) is 4.52. The first-order valence-electron chi connectivity index (χ1n) is 4.52. The van der Waals surface area contributed by atoms with Crippen LogP contribution in [0.2, 0.25) is 0 Å². The van der Waals surface area contributed by atoms with E-state index >= 15 is 0 Å². The molecule has 1 fully saturated rings. The fourth-order valence-electron chi connectivity index (χ4n) is 1.27. The van der Waals surface area contributed by atoms with Crippen molar-refractivity contribution in [2.24, 2.45) is 16.3 Å². The van der Waals surface area contributed by atoms with E-state index in [0.29, 0.717) is 0 Å². The first-order chi connectivity index (χ1) is 6.18. The number of hydrogen-bond donors (Lipinski definition) is 1. The largest absolute Gasteiger partial charge is 0.480 e. The van der Waals surface area contributed by atoms with Crippen LogP contribution in [0.4, 0.5) is 0 Å². The molecule has 1 heterocycles. The standard InChI is InChI=1S/C8H15N3O2/c1-7-2-4-11(5-3-7)10-9-6-8(12)13/h7H,2-6H2,1H3,(H,12,13). The van der Waals surface area contributed by atoms with Gasteiger partial charge in [0.2, 0.25) is 0 Å². The average Bonchev–Trinajstić information content (AvgIpc) is 2.08. The van der Waals surface area contributed by atoms with E-state index in [2.05, 4.69) is 17.3 Å². The summed E-state index contributed by atoms with van der Waals surface area (Å²) in [5, 5.41) is 17.6. The van der Waals surface area contributed by atoms with E-state index in [1.54, 1.807) is 0 Å². The molecule has 0 aromatic heterocycles. The van der Waals surface area contributed by atoms with Crippen molar-refractivity contribution in [2.75, 3.05) is 19.6 Å². The summed E-state index contributed by atoms with van der Waals surface area (Å²) in [5.74, 6) is -0.181. The Hall–Kier alpha value is -1.13. The summed E-state index contributed by atoms with van der Waals surface area (Å²) in [4.78, 5) is 10.1. The summed E-state index contributed by atoms with van der Waals surface area (Å²) in [7, 11) is 0. The molecular weight excluding hydrogens is 170 g/mol. The van der Waals surface area contributed by atoms with Crippen molar-refractivity contribution in [3.63, 3.8) is 0 Å². The van der Waals surface area contributed by atoms with Crippen molar-refractivity contribution >= 4 is 5.97 Å². The normalized spacial score (nSPS) is 19.6. The molecule has 0 aromatic carbocycles. The van der Waals surface area contributed by atoms with Crippen molar-refractivity contribution in [2.45, 2.75) is 19.8 Å². The Labute approximate surface area is 77.4 Å². The lowest BCUT2D eigenvalue weighted by atomic mass is 10.0. The van der Waals surface area contributed by atoms with Gasteiger partial charge in [0.05, 0.1) is 0 Å². The van der Waals surface area contributed by atoms with E-state index in [0.717, 1.165) is 31.8 Å². The van der Waals surface area contributed by atoms with Crippen molar-refractivity contribution in [3.8, 4) is 0 Å². The van der Waals surface area contributed by atoms with E-state index in [9.17, 15) is 4.79 Å². The minimum Gasteiger partial charge on any atom is -0.480 e. The molecule has 1 saturated heterocycles. The molecule has 5 nitrogen and oxygen atoms in total. The summed E-state index contributed by atoms with van der Waals surface area (Å²) in [5.41, 5.74) is 0. The summed E-state index contributed by atoms with van der Waals surface area (Å²) in [6, 6.07) is 0. The van der Waals surface area contributed by atoms with Gasteiger partial charge in [0.15, 0.2) is 6.54 Å². The number of carboxylic acids is 1. The molecule has 74 valence electrons. The first kappa shape index (κ1) is 9.95. The Balaban J connectivity index is 2.22. The molecular formula is C8H15N3O2. The van der Waals surface area contributed by atoms with Gasteiger partial charge in [-0.2, -0.15) is 5.11 Å². The highest BCUT2D eigenvalue weighted by molar-refractivity contribution is 5.68. The maximum atomic E-state index is 10.1. The lowest BCUT2D eigenvalue weighted by molar-refractivity contribution is -0.135. The van der Waals surface area contributed by atoms with Crippen LogP contribution in [0, 0.1) is 5.92 Å². The lowest BCUT2D eigenvalue weighted by Crippen LogP contribution is -2.28. The van der Waals surface area contributed by atoms with Crippen LogP contribution in [0.25, 0.3) is 0 Å². The SMILES string of the molecule is CC1CCN(N=NCC(=O)O)CC1. The summed E-state index contributed by atoms with van der Waals surface area (Å²) >= 11 is 0. The zero-order valence-electron chi connectivity index (χ0n) is 7.81. The van der Waals surface area contributed by atoms with E-state index in [1.807, 2.05) is 5.01 Å². The maximum absolute atomic E-state index is 10.1. The molecule has 1 aliphatic heterocycles. The Morgan fingerprint density at radius 1 is 1.54 bits per heavy atom. The monoisotopic (exact) mass is 185 g/mol. The Morgan fingerprint density at radius 2 is 2.15 bits per heavy atom. The summed E-state index contributed by atoms with van der Waals surface area (Å²) in [6.07, 6.45) is 2.23. The molecule has 1 rings (SSSR count). The molecule has 0 radical (unpaired) electrons. The predicted octanol–water partition coefficient (Wildman–Crippen LogP) is 1.17. The van der Waals surface area contributed by atoms with Crippen LogP contribution in [0.15, 0.2) is 10.3 Å². The predicted molar refractivity (Wildman–Crippen MR) is 47.3 cm³/mol. The van der Waals surface area contributed by atoms with Gasteiger partial charge in [-0.3, -0.25) is 9.80 Å². The molecule has 0 spiro atoms. The van der Waals surface area contributed by atoms with Crippen LogP contribution in [0.1, 0.15) is 19.8 Å². The number of carbonyl (C=O) groups is 1. The minimum atomic E-state index is -0.936. The van der Waals surface area contributed by atoms with Crippen molar-refractivity contribution in [1.82, 2.24) is 5.01 Å². The van der Waals surface area contributed by atoms with Gasteiger partial charge in [-0.05, 0) is 18.8 Å². The van der Waals surface area contributed by atoms with E-state index in [4.69, 9.17) is 5.11 Å². The van der Waals surface area contributed by atoms with E-state index in [1.165, 1.54) is 0 Å². The number of carboxylic acid groups (broad SMARTS) is 1. The second-order valence-corrected chi connectivity index (χ2v) is 3.42. The zero-order chi connectivity index (χ0) is 9.68. The fraction of sp³-hybridized carbons (Fsp3) is 0.875. The van der Waals surface area contributed by atoms with Crippen molar-refractivity contribution < 1.29 is 9.90 Å². The van der Waals surface area contributed by atoms with Crippen LogP contribution in [-0.4, -0.2) is 35.7 Å². The van der Waals surface area contributed by atoms with E-state index < -0.39 is 5.97 Å². The van der Waals surface area contributed by atoms with Gasteiger partial charge >= 0.3 is 5.97 Å². The third-order valence-electron chi connectivity index (χ3n) is 2.16. The van der Waals surface area contributed by atoms with Gasteiger partial charge in [-0.15, -0.1) is 0 Å². The van der Waals surface area contributed by atoms with Gasteiger partial charge in [0.25, 0.3) is 0 Å². The third kappa shape index (κ3) is 3.87. The third-order valence-corrected chi connectivity index (χ3v) is 2.16. The number of piperidine rings is 1. The summed E-state index contributed by atoms with van der Waals surface area (Å²) in [6.45, 7) is 3.77. The van der Waals surface area contributed by atoms with Crippen LogP contribution in [0.5, 0.6) is 0 Å². The minimum absolute atomic E-state index is 0.230. The molecule has 0 aliphatic carbocycles. The van der Waals surface area contributed by atoms with Crippen LogP contribution < -0.4 is 0 Å². The van der Waals surface area contributed by atoms with Gasteiger partial charge in [-0.1, -0.05) is 12.1 Å². The highest BCUT2D eigenvalue weighted by Gasteiger charge is 2.13. The highest BCUT2D eigenvalue weighted by atomic mass is 16.4. The lowest BCUT2D eigenvalue weighted by Gasteiger charge is -2.26. The van der Waals surface area contributed by atoms with Crippen molar-refractivity contribution in [1.29, 1.82) is 0 Å². The van der Waals surface area contributed by atoms with Gasteiger partial charge in [0, 0.05) is 13.1 Å². The van der Waals surface area contributed by atoms with Crippen LogP contribution in [0.3, 0.4) is 0 Å². The quantitative estimate of drug-likeness (QED) is 0.671. The Bertz CT molecular complexity index is 198. The molecule has 13 heavy (non-hydrogen) atoms. The maximum Gasteiger partial charge on any atom is 0.327 e. The average molecular weight is 185 g/mol. The zero-order valence-corrected chi connectivity index (χ0v) is 7.81. The topological polar surface area (TPSA) is 65.3 Å². The van der Waals surface area contributed by atoms with E-state index in [-0.39, 0.29) is 6.54 Å². The number of nitrogens with zero attached hydrogens (tertiary/aromatic N) is 3. The fourth-order valence-corrected chi connectivity index (χ4v) is 1.27. The molecule has 0 bridgehead atoms. The molecule has 0 saturated carbocycles. The molecule has 1 aliphatic rings. The number of hydrogen-bond acceptors (Lipinski definition) is 3. The Kier molecular flexibility index (Phi) is 3.67. The molecule has 1 N–H and O–H groups in total. The second kappa shape index (κ2) is 4.79. The summed E-state index contributed by atoms with van der Waals surface area (Å²) < 4.78 is 0. The molecule has 0 aromatic rings. The molecule has 0 unspecified atom stereocenters. The van der Waals surface area contributed by atoms with Crippen LogP contribution in [-0.2, 0) is 4.79 Å².